The Labute approximate surface area is 152 Å². The molecule has 0 aliphatic rings. The van der Waals surface area contributed by atoms with Gasteiger partial charge in [0.2, 0.25) is 0 Å². The first-order chi connectivity index (χ1) is 11.6. The Morgan fingerprint density at radius 3 is 2.32 bits per heavy atom. The molecule has 2 rings (SSSR count). The van der Waals surface area contributed by atoms with E-state index in [4.69, 9.17) is 9.29 Å². The van der Waals surface area contributed by atoms with E-state index in [2.05, 4.69) is 5.32 Å². The quantitative estimate of drug-likeness (QED) is 0.597. The van der Waals surface area contributed by atoms with Crippen LogP contribution in [-0.2, 0) is 14.9 Å². The molecular formula is C17H23NO5S2. The van der Waals surface area contributed by atoms with Gasteiger partial charge in [0.25, 0.3) is 10.1 Å². The Kier molecular flexibility index (Phi) is 8.08. The Morgan fingerprint density at radius 1 is 1.24 bits per heavy atom. The molecule has 0 atom stereocenters. The van der Waals surface area contributed by atoms with E-state index in [0.717, 1.165) is 10.6 Å². The van der Waals surface area contributed by atoms with Crippen molar-refractivity contribution in [2.24, 2.45) is 0 Å². The van der Waals surface area contributed by atoms with E-state index in [-0.39, 0.29) is 10.9 Å². The van der Waals surface area contributed by atoms with Crippen LogP contribution in [0, 0.1) is 6.92 Å². The van der Waals surface area contributed by atoms with Crippen molar-refractivity contribution in [3.05, 3.63) is 46.8 Å². The molecule has 1 aromatic heterocycles. The maximum Gasteiger partial charge on any atom is 0.341 e. The van der Waals surface area contributed by atoms with Crippen molar-refractivity contribution < 1.29 is 22.5 Å². The van der Waals surface area contributed by atoms with Gasteiger partial charge in [0.1, 0.15) is 5.00 Å². The zero-order valence-electron chi connectivity index (χ0n) is 14.6. The van der Waals surface area contributed by atoms with Gasteiger partial charge in [-0.1, -0.05) is 17.7 Å². The molecule has 0 amide bonds. The van der Waals surface area contributed by atoms with E-state index in [1.54, 1.807) is 25.1 Å². The molecule has 138 valence electrons. The zero-order chi connectivity index (χ0) is 19.0. The highest BCUT2D eigenvalue weighted by Crippen LogP contribution is 2.24. The van der Waals surface area contributed by atoms with E-state index in [1.807, 2.05) is 26.2 Å². The average molecular weight is 386 g/mol. The maximum absolute atomic E-state index is 11.5. The zero-order valence-corrected chi connectivity index (χ0v) is 16.3. The first-order valence-corrected chi connectivity index (χ1v) is 10.0. The Bertz CT molecular complexity index is 780. The fourth-order valence-corrected chi connectivity index (χ4v) is 3.17. The highest BCUT2D eigenvalue weighted by atomic mass is 32.2. The predicted molar refractivity (Wildman–Crippen MR) is 100 cm³/mol. The lowest BCUT2D eigenvalue weighted by molar-refractivity contribution is 0.0528. The number of rotatable bonds is 5. The number of nitrogens with one attached hydrogen (secondary N) is 1. The first-order valence-electron chi connectivity index (χ1n) is 7.70. The number of thiophene rings is 1. The van der Waals surface area contributed by atoms with Gasteiger partial charge in [-0.25, -0.2) is 4.79 Å². The van der Waals surface area contributed by atoms with Gasteiger partial charge in [0, 0.05) is 6.04 Å². The van der Waals surface area contributed by atoms with Crippen LogP contribution in [0.3, 0.4) is 0 Å². The van der Waals surface area contributed by atoms with Gasteiger partial charge < -0.3 is 10.1 Å². The van der Waals surface area contributed by atoms with Gasteiger partial charge in [-0.15, -0.1) is 11.3 Å². The second kappa shape index (κ2) is 9.55. The van der Waals surface area contributed by atoms with Crippen LogP contribution in [0.15, 0.2) is 40.6 Å². The van der Waals surface area contributed by atoms with Crippen LogP contribution in [0.1, 0.15) is 36.7 Å². The van der Waals surface area contributed by atoms with Gasteiger partial charge in [-0.05, 0) is 51.3 Å². The fourth-order valence-electron chi connectivity index (χ4n) is 1.76. The molecule has 2 aromatic rings. The lowest BCUT2D eigenvalue weighted by Crippen LogP contribution is -2.12. The van der Waals surface area contributed by atoms with Crippen LogP contribution in [0.2, 0.25) is 0 Å². The van der Waals surface area contributed by atoms with E-state index >= 15 is 0 Å². The van der Waals surface area contributed by atoms with Crippen LogP contribution in [-0.4, -0.2) is 31.6 Å². The predicted octanol–water partition coefficient (Wildman–Crippen LogP) is 3.99. The van der Waals surface area contributed by atoms with Crippen molar-refractivity contribution >= 4 is 32.4 Å². The summed E-state index contributed by atoms with van der Waals surface area (Å²) in [5, 5.41) is 5.98. The highest BCUT2D eigenvalue weighted by molar-refractivity contribution is 7.85. The van der Waals surface area contributed by atoms with Crippen LogP contribution < -0.4 is 5.32 Å². The topological polar surface area (TPSA) is 92.7 Å². The molecular weight excluding hydrogens is 362 g/mol. The second-order valence-electron chi connectivity index (χ2n) is 5.47. The van der Waals surface area contributed by atoms with Crippen molar-refractivity contribution in [1.29, 1.82) is 0 Å². The molecule has 0 bridgehead atoms. The SMILES string of the molecule is CCOC(=O)c1ccsc1NC(C)C.Cc1ccc(S(=O)(=O)O)cc1. The molecule has 0 saturated heterocycles. The van der Waals surface area contributed by atoms with E-state index in [0.29, 0.717) is 18.2 Å². The summed E-state index contributed by atoms with van der Waals surface area (Å²) >= 11 is 1.52. The van der Waals surface area contributed by atoms with Crippen molar-refractivity contribution in [1.82, 2.24) is 0 Å². The third-order valence-corrected chi connectivity index (χ3v) is 4.61. The molecule has 25 heavy (non-hydrogen) atoms. The number of benzene rings is 1. The minimum Gasteiger partial charge on any atom is -0.462 e. The lowest BCUT2D eigenvalue weighted by atomic mass is 10.2. The highest BCUT2D eigenvalue weighted by Gasteiger charge is 2.13. The van der Waals surface area contributed by atoms with Crippen molar-refractivity contribution in [2.45, 2.75) is 38.6 Å². The molecule has 0 spiro atoms. The number of hydrogen-bond donors (Lipinski definition) is 2. The summed E-state index contributed by atoms with van der Waals surface area (Å²) in [6.45, 7) is 8.13. The number of carbonyl (C=O) groups excluding carboxylic acids is 1. The van der Waals surface area contributed by atoms with Gasteiger partial charge in [-0.3, -0.25) is 4.55 Å². The Morgan fingerprint density at radius 2 is 1.84 bits per heavy atom. The van der Waals surface area contributed by atoms with Gasteiger partial charge in [-0.2, -0.15) is 8.42 Å². The fraction of sp³-hybridized carbons (Fsp3) is 0.353. The van der Waals surface area contributed by atoms with Crippen molar-refractivity contribution in [3.8, 4) is 0 Å². The third kappa shape index (κ3) is 7.25. The van der Waals surface area contributed by atoms with Crippen LogP contribution in [0.5, 0.6) is 0 Å². The minimum atomic E-state index is -4.02. The summed E-state index contributed by atoms with van der Waals surface area (Å²) in [5.41, 5.74) is 1.59. The molecule has 1 aromatic carbocycles. The Balaban J connectivity index is 0.000000257. The third-order valence-electron chi connectivity index (χ3n) is 2.90. The molecule has 1 heterocycles. The summed E-state index contributed by atoms with van der Waals surface area (Å²) in [4.78, 5) is 11.4. The molecule has 0 saturated carbocycles. The van der Waals surface area contributed by atoms with E-state index < -0.39 is 10.1 Å². The summed E-state index contributed by atoms with van der Waals surface area (Å²) in [6, 6.07) is 8.09. The van der Waals surface area contributed by atoms with Crippen LogP contribution in [0.4, 0.5) is 5.00 Å². The standard InChI is InChI=1S/C10H15NO2S.C7H8O3S/c1-4-13-10(12)8-5-6-14-9(8)11-7(2)3;1-6-2-4-7(5-3-6)11(8,9)10/h5-7,11H,4H2,1-3H3;2-5H,1H3,(H,8,9,10). The average Bonchev–Trinajstić information content (AvgIpc) is 2.95. The lowest BCUT2D eigenvalue weighted by Gasteiger charge is -2.09. The number of ether oxygens (including phenoxy) is 1. The maximum atomic E-state index is 11.5. The van der Waals surface area contributed by atoms with E-state index in [1.165, 1.54) is 23.5 Å². The molecule has 6 nitrogen and oxygen atoms in total. The number of aryl methyl sites for hydroxylation is 1. The minimum absolute atomic E-state index is 0.0666. The monoisotopic (exact) mass is 385 g/mol. The smallest absolute Gasteiger partial charge is 0.341 e. The van der Waals surface area contributed by atoms with Crippen molar-refractivity contribution in [3.63, 3.8) is 0 Å². The van der Waals surface area contributed by atoms with E-state index in [9.17, 15) is 13.2 Å². The first kappa shape index (κ1) is 21.1. The molecule has 8 heteroatoms. The number of anilines is 1. The van der Waals surface area contributed by atoms with Crippen LogP contribution in [0.25, 0.3) is 0 Å². The Hall–Kier alpha value is -1.90. The number of carbonyl (C=O) groups is 1. The molecule has 0 aliphatic heterocycles. The summed E-state index contributed by atoms with van der Waals surface area (Å²) < 4.78 is 34.5. The molecule has 0 fully saturated rings. The number of esters is 1. The molecule has 0 aliphatic carbocycles. The summed E-state index contributed by atoms with van der Waals surface area (Å²) in [7, 11) is -4.02. The molecule has 0 radical (unpaired) electrons. The largest absolute Gasteiger partial charge is 0.462 e. The van der Waals surface area contributed by atoms with Gasteiger partial charge in [0.15, 0.2) is 0 Å². The summed E-state index contributed by atoms with van der Waals surface area (Å²) in [5.74, 6) is -0.253. The molecule has 0 unspecified atom stereocenters. The normalized spacial score (nSPS) is 10.8. The van der Waals surface area contributed by atoms with Crippen molar-refractivity contribution in [2.75, 3.05) is 11.9 Å². The number of hydrogen-bond acceptors (Lipinski definition) is 6. The summed E-state index contributed by atoms with van der Waals surface area (Å²) in [6.07, 6.45) is 0. The van der Waals surface area contributed by atoms with Crippen LogP contribution >= 0.6 is 11.3 Å². The van der Waals surface area contributed by atoms with Gasteiger partial charge >= 0.3 is 5.97 Å². The molecule has 2 N–H and O–H groups in total. The van der Waals surface area contributed by atoms with Gasteiger partial charge in [0.05, 0.1) is 17.1 Å². The second-order valence-corrected chi connectivity index (χ2v) is 7.81.